The number of rotatable bonds is 8. The lowest BCUT2D eigenvalue weighted by molar-refractivity contribution is -0.136. The number of hydrogen-bond donors (Lipinski definition) is 1. The van der Waals surface area contributed by atoms with Crippen LogP contribution in [0.15, 0.2) is 16.6 Å². The molecule has 1 rings (SSSR count). The summed E-state index contributed by atoms with van der Waals surface area (Å²) in [4.78, 5) is 10.6. The van der Waals surface area contributed by atoms with Crippen LogP contribution in [0.2, 0.25) is 0 Å². The van der Waals surface area contributed by atoms with E-state index in [4.69, 9.17) is 14.6 Å². The van der Waals surface area contributed by atoms with E-state index < -0.39 is 5.97 Å². The van der Waals surface area contributed by atoms with Crippen molar-refractivity contribution in [1.29, 1.82) is 0 Å². The van der Waals surface area contributed by atoms with Crippen molar-refractivity contribution >= 4 is 21.9 Å². The number of aryl methyl sites for hydroxylation is 1. The molecular formula is C14H19BrO4. The van der Waals surface area contributed by atoms with Crippen molar-refractivity contribution < 1.29 is 19.4 Å². The second kappa shape index (κ2) is 8.04. The predicted molar refractivity (Wildman–Crippen MR) is 77.1 cm³/mol. The first-order chi connectivity index (χ1) is 9.08. The van der Waals surface area contributed by atoms with Crippen LogP contribution in [-0.4, -0.2) is 24.8 Å². The molecule has 19 heavy (non-hydrogen) atoms. The fourth-order valence-electron chi connectivity index (χ4n) is 1.63. The second-order valence-electron chi connectivity index (χ2n) is 4.20. The van der Waals surface area contributed by atoms with E-state index >= 15 is 0 Å². The third-order valence-corrected chi connectivity index (χ3v) is 3.25. The van der Waals surface area contributed by atoms with Gasteiger partial charge in [-0.1, -0.05) is 13.3 Å². The normalized spacial score (nSPS) is 10.3. The van der Waals surface area contributed by atoms with Gasteiger partial charge in [-0.25, -0.2) is 0 Å². The van der Waals surface area contributed by atoms with Gasteiger partial charge in [0.1, 0.15) is 0 Å². The summed E-state index contributed by atoms with van der Waals surface area (Å²) in [5, 5.41) is 8.70. The summed E-state index contributed by atoms with van der Waals surface area (Å²) in [5.74, 6) is 0.499. The van der Waals surface area contributed by atoms with Crippen molar-refractivity contribution in [3.8, 4) is 11.5 Å². The van der Waals surface area contributed by atoms with Gasteiger partial charge in [-0.05, 0) is 46.5 Å². The Morgan fingerprint density at radius 1 is 1.42 bits per heavy atom. The summed E-state index contributed by atoms with van der Waals surface area (Å²) < 4.78 is 11.8. The van der Waals surface area contributed by atoms with Crippen LogP contribution < -0.4 is 9.47 Å². The summed E-state index contributed by atoms with van der Waals surface area (Å²) in [6.07, 6.45) is 2.62. The van der Waals surface area contributed by atoms with E-state index in [1.807, 2.05) is 12.1 Å². The van der Waals surface area contributed by atoms with Gasteiger partial charge in [0.15, 0.2) is 11.5 Å². The fraction of sp³-hybridized carbons (Fsp3) is 0.500. The summed E-state index contributed by atoms with van der Waals surface area (Å²) in [6.45, 7) is 2.74. The minimum absolute atomic E-state index is 0.103. The lowest BCUT2D eigenvalue weighted by Crippen LogP contribution is -2.02. The van der Waals surface area contributed by atoms with E-state index in [-0.39, 0.29) is 6.42 Å². The molecule has 0 saturated carbocycles. The molecule has 1 aromatic carbocycles. The van der Waals surface area contributed by atoms with Crippen molar-refractivity contribution in [2.75, 3.05) is 13.7 Å². The first kappa shape index (κ1) is 15.8. The summed E-state index contributed by atoms with van der Waals surface area (Å²) in [7, 11) is 1.58. The highest BCUT2D eigenvalue weighted by molar-refractivity contribution is 9.10. The third kappa shape index (κ3) is 5.11. The van der Waals surface area contributed by atoms with Crippen LogP contribution in [0.3, 0.4) is 0 Å². The summed E-state index contributed by atoms with van der Waals surface area (Å²) >= 11 is 3.45. The molecule has 0 aliphatic heterocycles. The minimum Gasteiger partial charge on any atom is -0.493 e. The maximum atomic E-state index is 10.6. The Bertz CT molecular complexity index is 432. The van der Waals surface area contributed by atoms with Crippen LogP contribution in [0.25, 0.3) is 0 Å². The van der Waals surface area contributed by atoms with E-state index in [9.17, 15) is 4.79 Å². The molecule has 0 aliphatic carbocycles. The van der Waals surface area contributed by atoms with E-state index in [0.717, 1.165) is 22.9 Å². The SMILES string of the molecule is CCCCOc1c(Br)cc(CCC(=O)O)cc1OC. The molecule has 106 valence electrons. The minimum atomic E-state index is -0.807. The molecule has 1 aromatic rings. The van der Waals surface area contributed by atoms with Crippen LogP contribution in [0.5, 0.6) is 11.5 Å². The van der Waals surface area contributed by atoms with Crippen molar-refractivity contribution in [3.63, 3.8) is 0 Å². The number of halogens is 1. The molecule has 0 bridgehead atoms. The molecule has 0 fully saturated rings. The molecule has 0 aromatic heterocycles. The molecule has 0 heterocycles. The van der Waals surface area contributed by atoms with Crippen molar-refractivity contribution in [2.45, 2.75) is 32.6 Å². The number of aliphatic carboxylic acids is 1. The van der Waals surface area contributed by atoms with Gasteiger partial charge in [-0.15, -0.1) is 0 Å². The van der Waals surface area contributed by atoms with Gasteiger partial charge in [0.2, 0.25) is 0 Å². The zero-order valence-corrected chi connectivity index (χ0v) is 12.8. The first-order valence-corrected chi connectivity index (χ1v) is 7.08. The first-order valence-electron chi connectivity index (χ1n) is 6.29. The summed E-state index contributed by atoms with van der Waals surface area (Å²) in [6, 6.07) is 3.71. The third-order valence-electron chi connectivity index (χ3n) is 2.66. The second-order valence-corrected chi connectivity index (χ2v) is 5.06. The quantitative estimate of drug-likeness (QED) is 0.739. The molecule has 4 nitrogen and oxygen atoms in total. The fourth-order valence-corrected chi connectivity index (χ4v) is 2.23. The van der Waals surface area contributed by atoms with Gasteiger partial charge in [-0.2, -0.15) is 0 Å². The Hall–Kier alpha value is -1.23. The molecule has 0 unspecified atom stereocenters. The van der Waals surface area contributed by atoms with Crippen LogP contribution in [0.1, 0.15) is 31.7 Å². The van der Waals surface area contributed by atoms with Gasteiger partial charge >= 0.3 is 5.97 Å². The van der Waals surface area contributed by atoms with Crippen LogP contribution in [0, 0.1) is 0 Å². The van der Waals surface area contributed by atoms with Gasteiger partial charge in [0.25, 0.3) is 0 Å². The molecule has 0 radical (unpaired) electrons. The van der Waals surface area contributed by atoms with E-state index in [1.165, 1.54) is 0 Å². The van der Waals surface area contributed by atoms with Crippen LogP contribution in [0.4, 0.5) is 0 Å². The highest BCUT2D eigenvalue weighted by Crippen LogP contribution is 2.37. The van der Waals surface area contributed by atoms with Crippen molar-refractivity contribution in [2.24, 2.45) is 0 Å². The number of methoxy groups -OCH3 is 1. The van der Waals surface area contributed by atoms with E-state index in [2.05, 4.69) is 22.9 Å². The molecule has 1 N–H and O–H groups in total. The van der Waals surface area contributed by atoms with Gasteiger partial charge in [0, 0.05) is 6.42 Å². The van der Waals surface area contributed by atoms with Crippen molar-refractivity contribution in [1.82, 2.24) is 0 Å². The number of carboxylic acid groups (broad SMARTS) is 1. The molecule has 0 aliphatic rings. The maximum absolute atomic E-state index is 10.6. The zero-order chi connectivity index (χ0) is 14.3. The molecule has 5 heteroatoms. The molecule has 0 spiro atoms. The Balaban J connectivity index is 2.84. The highest BCUT2D eigenvalue weighted by Gasteiger charge is 2.12. The number of ether oxygens (including phenoxy) is 2. The summed E-state index contributed by atoms with van der Waals surface area (Å²) in [5.41, 5.74) is 0.911. The average Bonchev–Trinajstić information content (AvgIpc) is 2.38. The number of carboxylic acids is 1. The lowest BCUT2D eigenvalue weighted by atomic mass is 10.1. The lowest BCUT2D eigenvalue weighted by Gasteiger charge is -2.14. The van der Waals surface area contributed by atoms with Crippen LogP contribution >= 0.6 is 15.9 Å². The topological polar surface area (TPSA) is 55.8 Å². The van der Waals surface area contributed by atoms with Gasteiger partial charge < -0.3 is 14.6 Å². The maximum Gasteiger partial charge on any atom is 0.303 e. The Kier molecular flexibility index (Phi) is 6.70. The largest absolute Gasteiger partial charge is 0.493 e. The molecular weight excluding hydrogens is 312 g/mol. The molecule has 0 atom stereocenters. The van der Waals surface area contributed by atoms with E-state index in [0.29, 0.717) is 24.5 Å². The monoisotopic (exact) mass is 330 g/mol. The zero-order valence-electron chi connectivity index (χ0n) is 11.2. The molecule has 0 amide bonds. The standard InChI is InChI=1S/C14H19BrO4/c1-3-4-7-19-14-11(15)8-10(5-6-13(16)17)9-12(14)18-2/h8-9H,3-7H2,1-2H3,(H,16,17). The Morgan fingerprint density at radius 2 is 2.16 bits per heavy atom. The average molecular weight is 331 g/mol. The number of unbranched alkanes of at least 4 members (excludes halogenated alkanes) is 1. The number of benzene rings is 1. The highest BCUT2D eigenvalue weighted by atomic mass is 79.9. The smallest absolute Gasteiger partial charge is 0.303 e. The van der Waals surface area contributed by atoms with E-state index in [1.54, 1.807) is 7.11 Å². The number of hydrogen-bond acceptors (Lipinski definition) is 3. The number of carbonyl (C=O) groups is 1. The molecule has 0 saturated heterocycles. The van der Waals surface area contributed by atoms with Crippen molar-refractivity contribution in [3.05, 3.63) is 22.2 Å². The Morgan fingerprint density at radius 3 is 2.74 bits per heavy atom. The van der Waals surface area contributed by atoms with Gasteiger partial charge in [0.05, 0.1) is 18.2 Å². The van der Waals surface area contributed by atoms with Crippen LogP contribution in [-0.2, 0) is 11.2 Å². The predicted octanol–water partition coefficient (Wildman–Crippen LogP) is 3.65. The Labute approximate surface area is 121 Å². The van der Waals surface area contributed by atoms with Gasteiger partial charge in [-0.3, -0.25) is 4.79 Å².